The second-order valence-corrected chi connectivity index (χ2v) is 14.5. The standard InChI is InChI=1S/C38H41Cl2N9O5/c1-21(50)48-15-12-23(19-48)38(53)49-16-13-30-29(20-49)44-35(47(30)2)36(52)45-28-6-4-5-26(32(28)39)34-33(40)25(11-14-42-34)27-9-7-22(37(46-27)54-3)17-41-18-24-8-10-31(51)43-24/h4-7,9,11,14,23-24,41H,8,10,12-13,15-20H2,1-3H3,(H,43,51)(H,45,52). The van der Waals surface area contributed by atoms with Crippen molar-refractivity contribution >= 4 is 52.5 Å². The molecule has 54 heavy (non-hydrogen) atoms. The maximum Gasteiger partial charge on any atom is 0.291 e. The van der Waals surface area contributed by atoms with Gasteiger partial charge in [0.1, 0.15) is 0 Å². The predicted molar refractivity (Wildman–Crippen MR) is 203 cm³/mol. The normalized spacial score (nSPS) is 18.1. The number of anilines is 1. The van der Waals surface area contributed by atoms with E-state index in [-0.39, 0.29) is 40.5 Å². The zero-order valence-corrected chi connectivity index (χ0v) is 31.8. The van der Waals surface area contributed by atoms with Crippen LogP contribution in [-0.2, 0) is 40.9 Å². The minimum atomic E-state index is -0.455. The number of likely N-dealkylation sites (tertiary alicyclic amines) is 1. The molecule has 7 rings (SSSR count). The van der Waals surface area contributed by atoms with Crippen molar-refractivity contribution in [3.63, 3.8) is 0 Å². The Hall–Kier alpha value is -5.05. The van der Waals surface area contributed by atoms with Crippen LogP contribution in [0, 0.1) is 5.92 Å². The first kappa shape index (κ1) is 37.3. The van der Waals surface area contributed by atoms with Gasteiger partial charge in [-0.25, -0.2) is 9.97 Å². The summed E-state index contributed by atoms with van der Waals surface area (Å²) in [4.78, 5) is 67.7. The number of hydrogen-bond acceptors (Lipinski definition) is 9. The van der Waals surface area contributed by atoms with Gasteiger partial charge < -0.3 is 35.1 Å². The zero-order chi connectivity index (χ0) is 38.1. The number of methoxy groups -OCH3 is 1. The van der Waals surface area contributed by atoms with Gasteiger partial charge in [0.15, 0.2) is 5.82 Å². The highest BCUT2D eigenvalue weighted by molar-refractivity contribution is 6.39. The summed E-state index contributed by atoms with van der Waals surface area (Å²) < 4.78 is 7.38. The molecule has 0 bridgehead atoms. The summed E-state index contributed by atoms with van der Waals surface area (Å²) in [6.45, 7) is 4.49. The van der Waals surface area contributed by atoms with E-state index in [1.165, 1.54) is 6.92 Å². The maximum absolute atomic E-state index is 13.7. The van der Waals surface area contributed by atoms with Crippen LogP contribution in [0.1, 0.15) is 53.8 Å². The van der Waals surface area contributed by atoms with Gasteiger partial charge in [0.05, 0.1) is 52.4 Å². The van der Waals surface area contributed by atoms with Gasteiger partial charge in [-0.15, -0.1) is 0 Å². The average molecular weight is 775 g/mol. The molecular formula is C38H41Cl2N9O5. The molecule has 0 spiro atoms. The van der Waals surface area contributed by atoms with Crippen LogP contribution in [0.2, 0.25) is 10.0 Å². The third-order valence-corrected chi connectivity index (χ3v) is 11.1. The highest BCUT2D eigenvalue weighted by atomic mass is 35.5. The van der Waals surface area contributed by atoms with Crippen molar-refractivity contribution in [2.24, 2.45) is 13.0 Å². The fourth-order valence-electron chi connectivity index (χ4n) is 7.39. The van der Waals surface area contributed by atoms with Crippen LogP contribution in [0.4, 0.5) is 5.69 Å². The maximum atomic E-state index is 13.7. The van der Waals surface area contributed by atoms with Gasteiger partial charge in [0.2, 0.25) is 23.6 Å². The topological polar surface area (TPSA) is 164 Å². The van der Waals surface area contributed by atoms with E-state index in [1.807, 2.05) is 12.1 Å². The molecule has 4 amide bonds. The SMILES string of the molecule is COc1nc(-c2ccnc(-c3cccc(NC(=O)c4nc5c(n4C)CCN(C(=O)C4CCN(C(C)=O)C4)C5)c3Cl)c2Cl)ccc1CNCC1CCC(=O)N1. The first-order valence-corrected chi connectivity index (χ1v) is 18.7. The molecule has 6 heterocycles. The zero-order valence-electron chi connectivity index (χ0n) is 30.2. The van der Waals surface area contributed by atoms with Crippen LogP contribution >= 0.6 is 23.2 Å². The number of halogens is 2. The number of rotatable bonds is 10. The van der Waals surface area contributed by atoms with E-state index in [1.54, 1.807) is 59.0 Å². The molecule has 282 valence electrons. The molecular weight excluding hydrogens is 733 g/mol. The Morgan fingerprint density at radius 1 is 1.00 bits per heavy atom. The second-order valence-electron chi connectivity index (χ2n) is 13.8. The number of amides is 4. The quantitative estimate of drug-likeness (QED) is 0.214. The predicted octanol–water partition coefficient (Wildman–Crippen LogP) is 4.23. The lowest BCUT2D eigenvalue weighted by Crippen LogP contribution is -2.41. The van der Waals surface area contributed by atoms with Gasteiger partial charge in [-0.3, -0.25) is 24.2 Å². The van der Waals surface area contributed by atoms with E-state index < -0.39 is 5.91 Å². The second kappa shape index (κ2) is 15.7. The number of benzene rings is 1. The Morgan fingerprint density at radius 2 is 1.83 bits per heavy atom. The summed E-state index contributed by atoms with van der Waals surface area (Å²) in [5.41, 5.74) is 4.88. The number of fused-ring (bicyclic) bond motifs is 1. The lowest BCUT2D eigenvalue weighted by Gasteiger charge is -2.29. The Balaban J connectivity index is 1.05. The van der Waals surface area contributed by atoms with Crippen molar-refractivity contribution in [2.45, 2.75) is 51.7 Å². The van der Waals surface area contributed by atoms with E-state index >= 15 is 0 Å². The van der Waals surface area contributed by atoms with E-state index in [0.717, 1.165) is 17.7 Å². The van der Waals surface area contributed by atoms with Crippen molar-refractivity contribution in [1.82, 2.24) is 40.0 Å². The molecule has 2 fully saturated rings. The van der Waals surface area contributed by atoms with E-state index in [0.29, 0.717) is 103 Å². The van der Waals surface area contributed by atoms with Gasteiger partial charge in [-0.05, 0) is 31.0 Å². The van der Waals surface area contributed by atoms with Crippen LogP contribution in [0.15, 0.2) is 42.6 Å². The van der Waals surface area contributed by atoms with Crippen LogP contribution in [0.5, 0.6) is 5.88 Å². The van der Waals surface area contributed by atoms with Crippen molar-refractivity contribution < 1.29 is 23.9 Å². The van der Waals surface area contributed by atoms with Gasteiger partial charge in [-0.1, -0.05) is 41.4 Å². The molecule has 3 aliphatic heterocycles. The highest BCUT2D eigenvalue weighted by Gasteiger charge is 2.35. The number of ether oxygens (including phenoxy) is 1. The van der Waals surface area contributed by atoms with Gasteiger partial charge in [0.25, 0.3) is 5.91 Å². The number of pyridine rings is 2. The molecule has 2 atom stereocenters. The Kier molecular flexibility index (Phi) is 10.9. The molecule has 1 aromatic carbocycles. The number of nitrogens with zero attached hydrogens (tertiary/aromatic N) is 6. The van der Waals surface area contributed by atoms with Gasteiger partial charge >= 0.3 is 0 Å². The van der Waals surface area contributed by atoms with E-state index in [2.05, 4.69) is 25.9 Å². The lowest BCUT2D eigenvalue weighted by atomic mass is 10.0. The van der Waals surface area contributed by atoms with Crippen molar-refractivity contribution in [1.29, 1.82) is 0 Å². The van der Waals surface area contributed by atoms with Crippen molar-refractivity contribution in [2.75, 3.05) is 38.6 Å². The summed E-state index contributed by atoms with van der Waals surface area (Å²) in [5, 5.41) is 9.79. The van der Waals surface area contributed by atoms with Crippen LogP contribution in [-0.4, -0.2) is 92.3 Å². The molecule has 14 nitrogen and oxygen atoms in total. The number of aromatic nitrogens is 4. The Bertz CT molecular complexity index is 2140. The molecule has 16 heteroatoms. The summed E-state index contributed by atoms with van der Waals surface area (Å²) in [5.74, 6) is 0.0127. The third-order valence-electron chi connectivity index (χ3n) is 10.3. The van der Waals surface area contributed by atoms with Crippen LogP contribution < -0.4 is 20.7 Å². The van der Waals surface area contributed by atoms with Crippen LogP contribution in [0.25, 0.3) is 22.5 Å². The summed E-state index contributed by atoms with van der Waals surface area (Å²) in [7, 11) is 3.35. The molecule has 2 saturated heterocycles. The fraction of sp³-hybridized carbons (Fsp3) is 0.395. The van der Waals surface area contributed by atoms with Crippen molar-refractivity contribution in [3.05, 3.63) is 75.4 Å². The smallest absolute Gasteiger partial charge is 0.291 e. The molecule has 0 aliphatic carbocycles. The minimum absolute atomic E-state index is 0.00780. The number of imidazole rings is 1. The number of nitrogens with one attached hydrogen (secondary N) is 3. The van der Waals surface area contributed by atoms with Gasteiger partial charge in [0, 0.05) is 94.2 Å². The molecule has 0 saturated carbocycles. The number of hydrogen-bond donors (Lipinski definition) is 3. The summed E-state index contributed by atoms with van der Waals surface area (Å²) >= 11 is 13.9. The third kappa shape index (κ3) is 7.50. The molecule has 3 aliphatic rings. The first-order chi connectivity index (χ1) is 26.0. The Morgan fingerprint density at radius 3 is 2.57 bits per heavy atom. The Labute approximate surface area is 322 Å². The monoisotopic (exact) mass is 773 g/mol. The number of carbonyl (C=O) groups is 4. The van der Waals surface area contributed by atoms with Crippen molar-refractivity contribution in [3.8, 4) is 28.4 Å². The van der Waals surface area contributed by atoms with Crippen LogP contribution in [0.3, 0.4) is 0 Å². The molecule has 0 radical (unpaired) electrons. The molecule has 2 unspecified atom stereocenters. The summed E-state index contributed by atoms with van der Waals surface area (Å²) in [6, 6.07) is 10.9. The fourth-order valence-corrected chi connectivity index (χ4v) is 7.96. The van der Waals surface area contributed by atoms with Gasteiger partial charge in [-0.2, -0.15) is 0 Å². The van der Waals surface area contributed by atoms with E-state index in [9.17, 15) is 19.2 Å². The first-order valence-electron chi connectivity index (χ1n) is 17.9. The summed E-state index contributed by atoms with van der Waals surface area (Å²) in [6.07, 6.45) is 4.18. The average Bonchev–Trinajstić information content (AvgIpc) is 3.91. The molecule has 4 aromatic rings. The number of carbonyl (C=O) groups excluding carboxylic acids is 4. The highest BCUT2D eigenvalue weighted by Crippen LogP contribution is 2.40. The minimum Gasteiger partial charge on any atom is -0.481 e. The molecule has 3 N–H and O–H groups in total. The lowest BCUT2D eigenvalue weighted by molar-refractivity contribution is -0.136. The molecule has 3 aromatic heterocycles. The largest absolute Gasteiger partial charge is 0.481 e. The van der Waals surface area contributed by atoms with E-state index in [4.69, 9.17) is 32.9 Å².